The second kappa shape index (κ2) is 4.96. The molecule has 3 nitrogen and oxygen atoms in total. The van der Waals surface area contributed by atoms with Crippen molar-refractivity contribution < 1.29 is 18.0 Å². The molecule has 1 aromatic heterocycles. The second-order valence-corrected chi connectivity index (χ2v) is 4.32. The summed E-state index contributed by atoms with van der Waals surface area (Å²) in [4.78, 5) is 15.8. The lowest BCUT2D eigenvalue weighted by Crippen LogP contribution is -2.14. The number of aryl methyl sites for hydroxylation is 1. The Bertz CT molecular complexity index is 666. The average molecular weight is 280 g/mol. The van der Waals surface area contributed by atoms with Crippen molar-refractivity contribution in [3.05, 3.63) is 58.9 Å². The average Bonchev–Trinajstić information content (AvgIpc) is 2.40. The molecule has 2 N–H and O–H groups in total. The van der Waals surface area contributed by atoms with Gasteiger partial charge in [0.1, 0.15) is 0 Å². The first-order valence-electron chi connectivity index (χ1n) is 5.72. The Balaban J connectivity index is 2.51. The van der Waals surface area contributed by atoms with Crippen molar-refractivity contribution in [1.29, 1.82) is 0 Å². The maximum Gasteiger partial charge on any atom is 0.417 e. The summed E-state index contributed by atoms with van der Waals surface area (Å²) in [6.07, 6.45) is -2.67. The molecule has 0 saturated heterocycles. The van der Waals surface area contributed by atoms with Gasteiger partial charge in [0.25, 0.3) is 0 Å². The van der Waals surface area contributed by atoms with Crippen LogP contribution >= 0.6 is 0 Å². The smallest absolute Gasteiger partial charge is 0.399 e. The van der Waals surface area contributed by atoms with Gasteiger partial charge in [0.05, 0.1) is 11.1 Å². The van der Waals surface area contributed by atoms with Gasteiger partial charge in [-0.1, -0.05) is 0 Å². The number of nitrogens with two attached hydrogens (primary N) is 1. The van der Waals surface area contributed by atoms with Crippen LogP contribution in [0.5, 0.6) is 0 Å². The summed E-state index contributed by atoms with van der Waals surface area (Å²) in [6.45, 7) is 1.68. The fourth-order valence-electron chi connectivity index (χ4n) is 1.80. The summed E-state index contributed by atoms with van der Waals surface area (Å²) in [5.74, 6) is -0.728. The number of alkyl halides is 3. The van der Waals surface area contributed by atoms with Crippen LogP contribution in [-0.2, 0) is 6.18 Å². The molecule has 0 unspecified atom stereocenters. The zero-order valence-electron chi connectivity index (χ0n) is 10.5. The van der Waals surface area contributed by atoms with Gasteiger partial charge < -0.3 is 5.73 Å². The van der Waals surface area contributed by atoms with Crippen molar-refractivity contribution in [2.75, 3.05) is 5.73 Å². The molecule has 20 heavy (non-hydrogen) atoms. The van der Waals surface area contributed by atoms with Crippen LogP contribution in [-0.4, -0.2) is 10.8 Å². The van der Waals surface area contributed by atoms with Crippen molar-refractivity contribution in [3.8, 4) is 0 Å². The quantitative estimate of drug-likeness (QED) is 0.678. The first kappa shape index (κ1) is 14.0. The SMILES string of the molecule is Cc1cc(C(=O)c2cnccc2C(F)(F)F)ccc1N. The number of hydrogen-bond acceptors (Lipinski definition) is 3. The molecule has 1 heterocycles. The fraction of sp³-hybridized carbons (Fsp3) is 0.143. The van der Waals surface area contributed by atoms with E-state index in [1.807, 2.05) is 0 Å². The number of benzene rings is 1. The number of nitrogens with zero attached hydrogens (tertiary/aromatic N) is 1. The summed E-state index contributed by atoms with van der Waals surface area (Å²) in [7, 11) is 0. The third-order valence-electron chi connectivity index (χ3n) is 2.90. The van der Waals surface area contributed by atoms with Gasteiger partial charge >= 0.3 is 6.18 Å². The number of carbonyl (C=O) groups excluding carboxylic acids is 1. The molecule has 0 aliphatic rings. The minimum absolute atomic E-state index is 0.148. The summed E-state index contributed by atoms with van der Waals surface area (Å²) >= 11 is 0. The van der Waals surface area contributed by atoms with Gasteiger partial charge in [-0.05, 0) is 36.8 Å². The van der Waals surface area contributed by atoms with Crippen LogP contribution in [0.15, 0.2) is 36.7 Å². The van der Waals surface area contributed by atoms with Gasteiger partial charge in [-0.2, -0.15) is 13.2 Å². The predicted octanol–water partition coefficient (Wildman–Crippen LogP) is 3.22. The molecule has 0 aliphatic carbocycles. The molecule has 0 atom stereocenters. The monoisotopic (exact) mass is 280 g/mol. The number of anilines is 1. The highest BCUT2D eigenvalue weighted by molar-refractivity contribution is 6.10. The van der Waals surface area contributed by atoms with Crippen LogP contribution in [0, 0.1) is 6.92 Å². The van der Waals surface area contributed by atoms with Crippen LogP contribution in [0.4, 0.5) is 18.9 Å². The van der Waals surface area contributed by atoms with E-state index in [2.05, 4.69) is 4.98 Å². The molecule has 0 saturated carbocycles. The number of aromatic nitrogens is 1. The minimum Gasteiger partial charge on any atom is -0.399 e. The number of nitrogen functional groups attached to an aromatic ring is 1. The summed E-state index contributed by atoms with van der Waals surface area (Å²) in [5, 5.41) is 0. The van der Waals surface area contributed by atoms with Crippen molar-refractivity contribution in [2.24, 2.45) is 0 Å². The van der Waals surface area contributed by atoms with E-state index in [0.717, 1.165) is 18.5 Å². The Labute approximate surface area is 113 Å². The molecule has 2 rings (SSSR count). The molecule has 0 radical (unpaired) electrons. The van der Waals surface area contributed by atoms with Crippen LogP contribution < -0.4 is 5.73 Å². The molecule has 104 valence electrons. The van der Waals surface area contributed by atoms with Gasteiger partial charge in [-0.15, -0.1) is 0 Å². The first-order valence-corrected chi connectivity index (χ1v) is 5.72. The van der Waals surface area contributed by atoms with E-state index in [-0.39, 0.29) is 5.56 Å². The maximum absolute atomic E-state index is 12.9. The van der Waals surface area contributed by atoms with E-state index < -0.39 is 23.1 Å². The zero-order chi connectivity index (χ0) is 14.9. The topological polar surface area (TPSA) is 56.0 Å². The van der Waals surface area contributed by atoms with Crippen LogP contribution in [0.25, 0.3) is 0 Å². The van der Waals surface area contributed by atoms with Gasteiger partial charge in [-0.25, -0.2) is 0 Å². The molecule has 1 aromatic carbocycles. The van der Waals surface area contributed by atoms with E-state index in [0.29, 0.717) is 11.3 Å². The molecule has 6 heteroatoms. The lowest BCUT2D eigenvalue weighted by molar-refractivity contribution is -0.137. The molecule has 2 aromatic rings. The number of carbonyl (C=O) groups is 1. The highest BCUT2D eigenvalue weighted by Gasteiger charge is 2.35. The Morgan fingerprint density at radius 2 is 1.95 bits per heavy atom. The highest BCUT2D eigenvalue weighted by Crippen LogP contribution is 2.32. The van der Waals surface area contributed by atoms with Crippen molar-refractivity contribution in [3.63, 3.8) is 0 Å². The predicted molar refractivity (Wildman–Crippen MR) is 68.3 cm³/mol. The van der Waals surface area contributed by atoms with E-state index >= 15 is 0 Å². The Kier molecular flexibility index (Phi) is 3.48. The molecule has 0 spiro atoms. The van der Waals surface area contributed by atoms with Gasteiger partial charge in [0.2, 0.25) is 0 Å². The molecular weight excluding hydrogens is 269 g/mol. The van der Waals surface area contributed by atoms with Crippen molar-refractivity contribution in [2.45, 2.75) is 13.1 Å². The third kappa shape index (κ3) is 2.64. The normalized spacial score (nSPS) is 11.4. The Morgan fingerprint density at radius 1 is 1.25 bits per heavy atom. The van der Waals surface area contributed by atoms with E-state index in [4.69, 9.17) is 5.73 Å². The Hall–Kier alpha value is -2.37. The van der Waals surface area contributed by atoms with E-state index in [1.54, 1.807) is 6.92 Å². The van der Waals surface area contributed by atoms with Crippen molar-refractivity contribution in [1.82, 2.24) is 4.98 Å². The van der Waals surface area contributed by atoms with Gasteiger partial charge in [0.15, 0.2) is 5.78 Å². The van der Waals surface area contributed by atoms with Crippen LogP contribution in [0.2, 0.25) is 0 Å². The largest absolute Gasteiger partial charge is 0.417 e. The molecule has 0 fully saturated rings. The third-order valence-corrected chi connectivity index (χ3v) is 2.90. The number of pyridine rings is 1. The summed E-state index contributed by atoms with van der Waals surface area (Å²) < 4.78 is 38.6. The van der Waals surface area contributed by atoms with Crippen molar-refractivity contribution >= 4 is 11.5 Å². The first-order chi connectivity index (χ1) is 9.30. The van der Waals surface area contributed by atoms with Gasteiger partial charge in [-0.3, -0.25) is 9.78 Å². The van der Waals surface area contributed by atoms with Crippen LogP contribution in [0.1, 0.15) is 27.0 Å². The summed E-state index contributed by atoms with van der Waals surface area (Å²) in [5.41, 5.74) is 5.42. The second-order valence-electron chi connectivity index (χ2n) is 4.32. The Morgan fingerprint density at radius 3 is 2.55 bits per heavy atom. The molecule has 0 aliphatic heterocycles. The highest BCUT2D eigenvalue weighted by atomic mass is 19.4. The number of rotatable bonds is 2. The molecular formula is C14H11F3N2O. The number of halogens is 3. The zero-order valence-corrected chi connectivity index (χ0v) is 10.5. The summed E-state index contributed by atoms with van der Waals surface area (Å²) in [6, 6.07) is 5.15. The molecule has 0 amide bonds. The minimum atomic E-state index is -4.60. The molecule has 0 bridgehead atoms. The fourth-order valence-corrected chi connectivity index (χ4v) is 1.80. The standard InChI is InChI=1S/C14H11F3N2O/c1-8-6-9(2-3-12(8)18)13(20)10-7-19-5-4-11(10)14(15,16)17/h2-7H,18H2,1H3. The number of ketones is 1. The van der Waals surface area contributed by atoms with E-state index in [1.165, 1.54) is 18.2 Å². The van der Waals surface area contributed by atoms with E-state index in [9.17, 15) is 18.0 Å². The van der Waals surface area contributed by atoms with Gasteiger partial charge in [0, 0.05) is 23.6 Å². The van der Waals surface area contributed by atoms with Crippen LogP contribution in [0.3, 0.4) is 0 Å². The lowest BCUT2D eigenvalue weighted by Gasteiger charge is -2.11. The number of hydrogen-bond donors (Lipinski definition) is 1. The lowest BCUT2D eigenvalue weighted by atomic mass is 9.98. The maximum atomic E-state index is 12.9.